The SMILES string of the molecule is CC/C=C\C/C=C\C/C=C\C/C=C\C/C=C\C/C=C\C/C=C\CCCCCCCCCCCC(=O)OCC(COC(=O)CCCCC/C=C\C/C=C\C/C=C\CC)OC(=O)CCCCCCCCC/C=C\C/C=C\C/C=C\CC. The molecule has 6 nitrogen and oxygen atoms in total. The average molecular weight is 1090 g/mol. The minimum absolute atomic E-state index is 0.101. The van der Waals surface area contributed by atoms with E-state index in [9.17, 15) is 14.4 Å². The van der Waals surface area contributed by atoms with E-state index in [0.717, 1.165) is 161 Å². The second-order valence-electron chi connectivity index (χ2n) is 20.5. The topological polar surface area (TPSA) is 78.9 Å². The molecular formula is C73H116O6. The molecule has 0 N–H and O–H groups in total. The van der Waals surface area contributed by atoms with Crippen LogP contribution in [0, 0.1) is 0 Å². The predicted octanol–water partition coefficient (Wildman–Crippen LogP) is 22.1. The van der Waals surface area contributed by atoms with Crippen LogP contribution in [0.3, 0.4) is 0 Å². The van der Waals surface area contributed by atoms with Crippen molar-refractivity contribution < 1.29 is 28.6 Å². The summed E-state index contributed by atoms with van der Waals surface area (Å²) in [7, 11) is 0. The maximum atomic E-state index is 12.9. The van der Waals surface area contributed by atoms with Crippen LogP contribution in [0.1, 0.15) is 265 Å². The molecule has 0 amide bonds. The first-order chi connectivity index (χ1) is 39.0. The fourth-order valence-electron chi connectivity index (χ4n) is 8.33. The van der Waals surface area contributed by atoms with E-state index in [4.69, 9.17) is 14.2 Å². The summed E-state index contributed by atoms with van der Waals surface area (Å²) in [5.41, 5.74) is 0. The number of esters is 3. The van der Waals surface area contributed by atoms with Crippen LogP contribution in [0.2, 0.25) is 0 Å². The Labute approximate surface area is 486 Å². The van der Waals surface area contributed by atoms with Crippen LogP contribution in [0.4, 0.5) is 0 Å². The highest BCUT2D eigenvalue weighted by atomic mass is 16.6. The molecule has 0 aliphatic carbocycles. The molecule has 0 rings (SSSR count). The van der Waals surface area contributed by atoms with Gasteiger partial charge in [0.1, 0.15) is 13.2 Å². The van der Waals surface area contributed by atoms with Crippen LogP contribution < -0.4 is 0 Å². The first-order valence-corrected chi connectivity index (χ1v) is 32.0. The van der Waals surface area contributed by atoms with E-state index in [1.807, 2.05) is 0 Å². The van der Waals surface area contributed by atoms with Crippen molar-refractivity contribution in [3.05, 3.63) is 158 Å². The number of unbranched alkanes of at least 4 members (excludes halogenated alkanes) is 19. The Hall–Kier alpha value is -4.97. The summed E-state index contributed by atoms with van der Waals surface area (Å²) in [5, 5.41) is 0. The number of carbonyl (C=O) groups is 3. The van der Waals surface area contributed by atoms with E-state index in [1.165, 1.54) is 64.2 Å². The monoisotopic (exact) mass is 1090 g/mol. The third-order valence-electron chi connectivity index (χ3n) is 13.0. The van der Waals surface area contributed by atoms with E-state index in [1.54, 1.807) is 0 Å². The lowest BCUT2D eigenvalue weighted by molar-refractivity contribution is -0.167. The summed E-state index contributed by atoms with van der Waals surface area (Å²) in [6, 6.07) is 0. The minimum atomic E-state index is -0.806. The zero-order chi connectivity index (χ0) is 57.1. The van der Waals surface area contributed by atoms with Gasteiger partial charge in [-0.1, -0.05) is 262 Å². The van der Waals surface area contributed by atoms with Crippen LogP contribution in [0.15, 0.2) is 158 Å². The molecule has 1 atom stereocenters. The molecule has 0 bridgehead atoms. The van der Waals surface area contributed by atoms with E-state index >= 15 is 0 Å². The summed E-state index contributed by atoms with van der Waals surface area (Å²) in [4.78, 5) is 38.3. The molecule has 0 aromatic rings. The minimum Gasteiger partial charge on any atom is -0.462 e. The molecule has 0 heterocycles. The Balaban J connectivity index is 4.33. The number of rotatable bonds is 56. The summed E-state index contributed by atoms with van der Waals surface area (Å²) in [6.45, 7) is 6.26. The van der Waals surface area contributed by atoms with Gasteiger partial charge in [0.15, 0.2) is 6.10 Å². The van der Waals surface area contributed by atoms with Crippen LogP contribution in [-0.4, -0.2) is 37.2 Å². The van der Waals surface area contributed by atoms with Gasteiger partial charge in [-0.2, -0.15) is 0 Å². The van der Waals surface area contributed by atoms with Crippen LogP contribution >= 0.6 is 0 Å². The average Bonchev–Trinajstić information content (AvgIpc) is 3.45. The molecule has 0 aromatic heterocycles. The lowest BCUT2D eigenvalue weighted by Crippen LogP contribution is -2.30. The van der Waals surface area contributed by atoms with Gasteiger partial charge in [0.25, 0.3) is 0 Å². The van der Waals surface area contributed by atoms with Crippen molar-refractivity contribution in [1.29, 1.82) is 0 Å². The van der Waals surface area contributed by atoms with Crippen molar-refractivity contribution in [1.82, 2.24) is 0 Å². The normalized spacial score (nSPS) is 13.2. The number of carbonyl (C=O) groups excluding carboxylic acids is 3. The van der Waals surface area contributed by atoms with Crippen LogP contribution in [0.25, 0.3) is 0 Å². The Morgan fingerprint density at radius 1 is 0.253 bits per heavy atom. The molecule has 0 saturated heterocycles. The molecular weight excluding hydrogens is 973 g/mol. The first-order valence-electron chi connectivity index (χ1n) is 32.0. The molecule has 0 radical (unpaired) electrons. The largest absolute Gasteiger partial charge is 0.462 e. The van der Waals surface area contributed by atoms with Gasteiger partial charge in [0.2, 0.25) is 0 Å². The van der Waals surface area contributed by atoms with E-state index in [2.05, 4.69) is 179 Å². The molecule has 0 spiro atoms. The van der Waals surface area contributed by atoms with Crippen molar-refractivity contribution >= 4 is 17.9 Å². The van der Waals surface area contributed by atoms with Gasteiger partial charge in [-0.25, -0.2) is 0 Å². The highest BCUT2D eigenvalue weighted by molar-refractivity contribution is 5.71. The Morgan fingerprint density at radius 2 is 0.456 bits per heavy atom. The molecule has 6 heteroatoms. The third kappa shape index (κ3) is 63.7. The molecule has 0 aliphatic rings. The smallest absolute Gasteiger partial charge is 0.306 e. The maximum absolute atomic E-state index is 12.9. The summed E-state index contributed by atoms with van der Waals surface area (Å²) >= 11 is 0. The van der Waals surface area contributed by atoms with E-state index in [-0.39, 0.29) is 31.1 Å². The van der Waals surface area contributed by atoms with Crippen LogP contribution in [0.5, 0.6) is 0 Å². The lowest BCUT2D eigenvalue weighted by atomic mass is 10.1. The second-order valence-corrected chi connectivity index (χ2v) is 20.5. The van der Waals surface area contributed by atoms with Crippen molar-refractivity contribution in [3.63, 3.8) is 0 Å². The van der Waals surface area contributed by atoms with Gasteiger partial charge < -0.3 is 14.2 Å². The van der Waals surface area contributed by atoms with Gasteiger partial charge in [-0.3, -0.25) is 14.4 Å². The lowest BCUT2D eigenvalue weighted by Gasteiger charge is -2.18. The van der Waals surface area contributed by atoms with E-state index in [0.29, 0.717) is 19.3 Å². The van der Waals surface area contributed by atoms with Crippen molar-refractivity contribution in [2.75, 3.05) is 13.2 Å². The maximum Gasteiger partial charge on any atom is 0.306 e. The zero-order valence-electron chi connectivity index (χ0n) is 50.8. The molecule has 0 aromatic carbocycles. The number of hydrogen-bond acceptors (Lipinski definition) is 6. The van der Waals surface area contributed by atoms with Gasteiger partial charge in [-0.05, 0) is 141 Å². The highest BCUT2D eigenvalue weighted by Gasteiger charge is 2.19. The Morgan fingerprint density at radius 3 is 0.722 bits per heavy atom. The summed E-state index contributed by atoms with van der Waals surface area (Å²) in [5.74, 6) is -0.949. The molecule has 1 unspecified atom stereocenters. The fourth-order valence-corrected chi connectivity index (χ4v) is 8.33. The zero-order valence-corrected chi connectivity index (χ0v) is 50.8. The molecule has 0 saturated carbocycles. The highest BCUT2D eigenvalue weighted by Crippen LogP contribution is 2.15. The summed E-state index contributed by atoms with van der Waals surface area (Å²) in [6.07, 6.45) is 95.4. The van der Waals surface area contributed by atoms with Gasteiger partial charge in [0.05, 0.1) is 0 Å². The van der Waals surface area contributed by atoms with Crippen molar-refractivity contribution in [2.45, 2.75) is 271 Å². The third-order valence-corrected chi connectivity index (χ3v) is 13.0. The van der Waals surface area contributed by atoms with Crippen molar-refractivity contribution in [3.8, 4) is 0 Å². The Kier molecular flexibility index (Phi) is 61.4. The molecule has 0 aliphatic heterocycles. The Bertz CT molecular complexity index is 1780. The van der Waals surface area contributed by atoms with Gasteiger partial charge in [0, 0.05) is 19.3 Å². The van der Waals surface area contributed by atoms with Crippen LogP contribution in [-0.2, 0) is 28.6 Å². The molecule has 79 heavy (non-hydrogen) atoms. The predicted molar refractivity (Wildman–Crippen MR) is 343 cm³/mol. The van der Waals surface area contributed by atoms with Gasteiger partial charge in [-0.15, -0.1) is 0 Å². The number of hydrogen-bond donors (Lipinski definition) is 0. The fraction of sp³-hybridized carbons (Fsp3) is 0.603. The van der Waals surface area contributed by atoms with E-state index < -0.39 is 6.10 Å². The molecule has 444 valence electrons. The van der Waals surface area contributed by atoms with Crippen molar-refractivity contribution in [2.24, 2.45) is 0 Å². The van der Waals surface area contributed by atoms with Gasteiger partial charge >= 0.3 is 17.9 Å². The number of ether oxygens (including phenoxy) is 3. The standard InChI is InChI=1S/C73H116O6/c1-4-7-10-13-16-19-22-25-27-29-30-31-32-33-34-35-36-37-38-39-40-41-42-44-45-48-51-54-57-60-63-66-72(75)78-69-70(68-77-71(74)65-62-59-56-53-50-47-24-21-18-15-12-9-6-3)79-73(76)67-64-61-58-55-52-49-46-43-28-26-23-20-17-14-11-8-5-2/h7-12,16-21,25-28,30-31,33-34,36-37,39-40,47,50,70H,4-6,13-15,22-24,29,32,35,38,41-46,48-49,51-69H2,1-3H3/b10-7-,11-8-,12-9-,19-16-,20-17-,21-18-,27-25-,28-26-,31-30-,34-33-,37-36-,40-39-,50-47-. The second kappa shape index (κ2) is 65.5. The summed E-state index contributed by atoms with van der Waals surface area (Å²) < 4.78 is 16.9. The quantitative estimate of drug-likeness (QED) is 0.0261. The number of allylic oxidation sites excluding steroid dienone is 26. The first kappa shape index (κ1) is 74.0. The molecule has 0 fully saturated rings.